The predicted octanol–water partition coefficient (Wildman–Crippen LogP) is 3.72. The van der Waals surface area contributed by atoms with Gasteiger partial charge in [0.25, 0.3) is 0 Å². The van der Waals surface area contributed by atoms with Crippen molar-refractivity contribution in [2.24, 2.45) is 5.92 Å². The van der Waals surface area contributed by atoms with Crippen LogP contribution in [-0.2, 0) is 13.0 Å². The van der Waals surface area contributed by atoms with E-state index in [2.05, 4.69) is 34.3 Å². The van der Waals surface area contributed by atoms with Crippen LogP contribution in [0, 0.1) is 5.92 Å². The molecule has 142 valence electrons. The number of nitrogens with one attached hydrogen (secondary N) is 1. The Hall–Kier alpha value is -2.96. The number of fused-ring (bicyclic) bond motifs is 1. The third-order valence-electron chi connectivity index (χ3n) is 4.19. The normalized spacial score (nSPS) is 12.3. The average molecular weight is 367 g/mol. The van der Waals surface area contributed by atoms with Crippen molar-refractivity contribution in [2.75, 3.05) is 7.05 Å². The monoisotopic (exact) mass is 367 g/mol. The molecule has 0 bridgehead atoms. The lowest BCUT2D eigenvalue weighted by atomic mass is 10.1. The van der Waals surface area contributed by atoms with Crippen molar-refractivity contribution in [3.63, 3.8) is 0 Å². The Balaban J connectivity index is 1.60. The maximum atomic E-state index is 12.5. The number of amides is 2. The van der Waals surface area contributed by atoms with E-state index in [0.29, 0.717) is 24.2 Å². The Morgan fingerprint density at radius 2 is 1.93 bits per heavy atom. The van der Waals surface area contributed by atoms with Crippen LogP contribution in [0.3, 0.4) is 0 Å². The number of urea groups is 1. The van der Waals surface area contributed by atoms with E-state index in [-0.39, 0.29) is 12.1 Å². The molecule has 0 fully saturated rings. The van der Waals surface area contributed by atoms with Gasteiger partial charge in [-0.3, -0.25) is 4.98 Å². The van der Waals surface area contributed by atoms with Crippen molar-refractivity contribution in [3.05, 3.63) is 53.8 Å². The zero-order valence-electron chi connectivity index (χ0n) is 16.1. The molecular weight excluding hydrogens is 342 g/mol. The summed E-state index contributed by atoms with van der Waals surface area (Å²) in [7, 11) is 1.73. The highest BCUT2D eigenvalue weighted by Crippen LogP contribution is 2.14. The number of pyridine rings is 1. The van der Waals surface area contributed by atoms with Crippen LogP contribution in [0.4, 0.5) is 4.79 Å². The van der Waals surface area contributed by atoms with Gasteiger partial charge in [-0.2, -0.15) is 4.98 Å². The van der Waals surface area contributed by atoms with E-state index in [1.807, 2.05) is 43.3 Å². The van der Waals surface area contributed by atoms with Gasteiger partial charge in [0.15, 0.2) is 5.82 Å². The fourth-order valence-electron chi connectivity index (χ4n) is 2.76. The first-order valence-electron chi connectivity index (χ1n) is 9.11. The van der Waals surface area contributed by atoms with Gasteiger partial charge >= 0.3 is 6.03 Å². The highest BCUT2D eigenvalue weighted by atomic mass is 16.5. The molecule has 0 saturated heterocycles. The second-order valence-electron chi connectivity index (χ2n) is 7.17. The minimum Gasteiger partial charge on any atom is -0.337 e. The van der Waals surface area contributed by atoms with Crippen LogP contribution in [0.25, 0.3) is 10.9 Å². The number of carbonyl (C=O) groups excluding carboxylic acids is 1. The van der Waals surface area contributed by atoms with Crippen molar-refractivity contribution in [2.45, 2.75) is 39.8 Å². The third kappa shape index (κ3) is 4.81. The number of benzene rings is 1. The van der Waals surface area contributed by atoms with Crippen LogP contribution in [0.5, 0.6) is 0 Å². The summed E-state index contributed by atoms with van der Waals surface area (Å²) < 4.78 is 5.27. The van der Waals surface area contributed by atoms with E-state index in [0.717, 1.165) is 23.0 Å². The van der Waals surface area contributed by atoms with Gasteiger partial charge in [-0.1, -0.05) is 43.3 Å². The molecule has 1 atom stereocenters. The first-order valence-corrected chi connectivity index (χ1v) is 9.11. The number of hydrogen-bond donors (Lipinski definition) is 1. The quantitative estimate of drug-likeness (QED) is 0.718. The number of nitrogens with zero attached hydrogens (tertiary/aromatic N) is 4. The lowest BCUT2D eigenvalue weighted by Gasteiger charge is -2.19. The summed E-state index contributed by atoms with van der Waals surface area (Å²) in [6.45, 7) is 6.42. The molecule has 7 heteroatoms. The molecule has 0 spiro atoms. The Kier molecular flexibility index (Phi) is 5.69. The van der Waals surface area contributed by atoms with E-state index in [1.54, 1.807) is 11.9 Å². The van der Waals surface area contributed by atoms with Crippen molar-refractivity contribution >= 4 is 16.9 Å². The first-order chi connectivity index (χ1) is 12.9. The third-order valence-corrected chi connectivity index (χ3v) is 4.19. The van der Waals surface area contributed by atoms with Crippen LogP contribution in [0.1, 0.15) is 44.2 Å². The molecule has 3 aromatic rings. The second kappa shape index (κ2) is 8.16. The van der Waals surface area contributed by atoms with Gasteiger partial charge in [-0.25, -0.2) is 4.79 Å². The minimum absolute atomic E-state index is 0.221. The lowest BCUT2D eigenvalue weighted by molar-refractivity contribution is 0.200. The molecule has 0 radical (unpaired) electrons. The molecule has 0 aliphatic carbocycles. The fourth-order valence-corrected chi connectivity index (χ4v) is 2.76. The molecule has 0 saturated carbocycles. The van der Waals surface area contributed by atoms with Gasteiger partial charge in [0.2, 0.25) is 5.89 Å². The molecule has 3 rings (SSSR count). The molecule has 0 aliphatic rings. The zero-order valence-corrected chi connectivity index (χ0v) is 16.1. The smallest absolute Gasteiger partial charge is 0.318 e. The predicted molar refractivity (Wildman–Crippen MR) is 103 cm³/mol. The Bertz CT molecular complexity index is 921. The molecule has 0 aliphatic heterocycles. The molecule has 1 unspecified atom stereocenters. The molecule has 2 heterocycles. The highest BCUT2D eigenvalue weighted by Gasteiger charge is 2.19. The molecule has 7 nitrogen and oxygen atoms in total. The first kappa shape index (κ1) is 18.8. The summed E-state index contributed by atoms with van der Waals surface area (Å²) in [6, 6.07) is 11.3. The average Bonchev–Trinajstić information content (AvgIpc) is 3.09. The Morgan fingerprint density at radius 1 is 1.15 bits per heavy atom. The number of para-hydroxylation sites is 1. The van der Waals surface area contributed by atoms with Crippen LogP contribution in [-0.4, -0.2) is 33.1 Å². The van der Waals surface area contributed by atoms with Gasteiger partial charge in [-0.15, -0.1) is 0 Å². The largest absolute Gasteiger partial charge is 0.337 e. The van der Waals surface area contributed by atoms with Crippen LogP contribution in [0.2, 0.25) is 0 Å². The standard InChI is InChI=1S/C20H25N5O2/c1-13(2)11-18-23-19(27-24-18)14(3)21-20(26)25(4)12-16-10-9-15-7-5-6-8-17(15)22-16/h5-10,13-14H,11-12H2,1-4H3,(H,21,26). The topological polar surface area (TPSA) is 84.2 Å². The van der Waals surface area contributed by atoms with E-state index in [1.165, 1.54) is 0 Å². The van der Waals surface area contributed by atoms with Crippen molar-refractivity contribution in [1.29, 1.82) is 0 Å². The summed E-state index contributed by atoms with van der Waals surface area (Å²) >= 11 is 0. The van der Waals surface area contributed by atoms with Crippen molar-refractivity contribution in [3.8, 4) is 0 Å². The minimum atomic E-state index is -0.363. The SMILES string of the molecule is CC(C)Cc1noc(C(C)NC(=O)N(C)Cc2ccc3ccccc3n2)n1. The molecule has 1 aromatic carbocycles. The summed E-state index contributed by atoms with van der Waals surface area (Å²) in [6.07, 6.45) is 0.748. The van der Waals surface area contributed by atoms with Gasteiger partial charge in [0.1, 0.15) is 6.04 Å². The molecule has 27 heavy (non-hydrogen) atoms. The van der Waals surface area contributed by atoms with E-state index in [9.17, 15) is 4.79 Å². The molecule has 2 aromatic heterocycles. The summed E-state index contributed by atoms with van der Waals surface area (Å²) in [5.74, 6) is 1.52. The van der Waals surface area contributed by atoms with Crippen LogP contribution < -0.4 is 5.32 Å². The van der Waals surface area contributed by atoms with Gasteiger partial charge in [-0.05, 0) is 25.0 Å². The number of aromatic nitrogens is 3. The number of rotatable bonds is 6. The highest BCUT2D eigenvalue weighted by molar-refractivity contribution is 5.78. The van der Waals surface area contributed by atoms with Crippen molar-refractivity contribution < 1.29 is 9.32 Å². The Morgan fingerprint density at radius 3 is 2.70 bits per heavy atom. The second-order valence-corrected chi connectivity index (χ2v) is 7.17. The van der Waals surface area contributed by atoms with Crippen molar-refractivity contribution in [1.82, 2.24) is 25.3 Å². The summed E-state index contributed by atoms with van der Waals surface area (Å²) in [4.78, 5) is 23.0. The van der Waals surface area contributed by atoms with Gasteiger partial charge in [0, 0.05) is 18.9 Å². The van der Waals surface area contributed by atoms with Crippen LogP contribution >= 0.6 is 0 Å². The number of carbonyl (C=O) groups is 1. The number of hydrogen-bond acceptors (Lipinski definition) is 5. The van der Waals surface area contributed by atoms with Crippen LogP contribution in [0.15, 0.2) is 40.9 Å². The molecule has 2 amide bonds. The summed E-state index contributed by atoms with van der Waals surface area (Å²) in [5.41, 5.74) is 1.75. The van der Waals surface area contributed by atoms with E-state index >= 15 is 0 Å². The maximum Gasteiger partial charge on any atom is 0.318 e. The molecule has 1 N–H and O–H groups in total. The summed E-state index contributed by atoms with van der Waals surface area (Å²) in [5, 5.41) is 7.93. The van der Waals surface area contributed by atoms with Gasteiger partial charge in [0.05, 0.1) is 17.8 Å². The zero-order chi connectivity index (χ0) is 19.4. The Labute approximate surface area is 158 Å². The van der Waals surface area contributed by atoms with E-state index < -0.39 is 0 Å². The lowest BCUT2D eigenvalue weighted by Crippen LogP contribution is -2.38. The molecular formula is C20H25N5O2. The maximum absolute atomic E-state index is 12.5. The fraction of sp³-hybridized carbons (Fsp3) is 0.400. The van der Waals surface area contributed by atoms with Gasteiger partial charge < -0.3 is 14.7 Å². The van der Waals surface area contributed by atoms with E-state index in [4.69, 9.17) is 4.52 Å².